The molecule has 0 aliphatic carbocycles. The average Bonchev–Trinajstić information content (AvgIpc) is 2.54. The molecule has 2 atom stereocenters. The number of carbonyl (C=O) groups is 1. The lowest BCUT2D eigenvalue weighted by atomic mass is 9.98. The highest BCUT2D eigenvalue weighted by molar-refractivity contribution is 5.74. The van der Waals surface area contributed by atoms with Crippen molar-refractivity contribution in [1.29, 1.82) is 0 Å². The van der Waals surface area contributed by atoms with Gasteiger partial charge >= 0.3 is 6.03 Å². The van der Waals surface area contributed by atoms with Crippen molar-refractivity contribution in [2.45, 2.75) is 57.2 Å². The van der Waals surface area contributed by atoms with Crippen LogP contribution in [0.15, 0.2) is 0 Å². The maximum Gasteiger partial charge on any atom is 0.315 e. The van der Waals surface area contributed by atoms with Gasteiger partial charge in [-0.05, 0) is 46.2 Å². The first-order valence-electron chi connectivity index (χ1n) is 8.43. The smallest absolute Gasteiger partial charge is 0.315 e. The number of methoxy groups -OCH3 is 1. The molecule has 2 aliphatic heterocycles. The van der Waals surface area contributed by atoms with E-state index in [4.69, 9.17) is 9.47 Å². The monoisotopic (exact) mass is 313 g/mol. The van der Waals surface area contributed by atoms with Gasteiger partial charge < -0.3 is 20.1 Å². The Bertz CT molecular complexity index is 357. The molecular weight excluding hydrogens is 282 g/mol. The van der Waals surface area contributed by atoms with Gasteiger partial charge in [-0.1, -0.05) is 6.42 Å². The van der Waals surface area contributed by atoms with Crippen molar-refractivity contribution in [3.8, 4) is 0 Å². The van der Waals surface area contributed by atoms with Gasteiger partial charge in [0.1, 0.15) is 0 Å². The number of nitrogens with zero attached hydrogens (tertiary/aromatic N) is 1. The van der Waals surface area contributed by atoms with Crippen molar-refractivity contribution in [3.63, 3.8) is 0 Å². The van der Waals surface area contributed by atoms with E-state index in [1.165, 1.54) is 19.3 Å². The maximum atomic E-state index is 12.2. The summed E-state index contributed by atoms with van der Waals surface area (Å²) in [5, 5.41) is 5.99. The molecule has 0 aromatic rings. The van der Waals surface area contributed by atoms with E-state index in [0.717, 1.165) is 19.5 Å². The number of urea groups is 1. The molecule has 2 N–H and O–H groups in total. The van der Waals surface area contributed by atoms with Crippen LogP contribution in [0.4, 0.5) is 4.79 Å². The van der Waals surface area contributed by atoms with Crippen LogP contribution in [0.25, 0.3) is 0 Å². The number of rotatable bonds is 5. The molecule has 0 bridgehead atoms. The molecule has 2 amide bonds. The number of likely N-dealkylation sites (tertiary alicyclic amines) is 1. The Balaban J connectivity index is 1.76. The number of hydrogen-bond donors (Lipinski definition) is 2. The Hall–Kier alpha value is -0.850. The zero-order valence-corrected chi connectivity index (χ0v) is 14.2. The summed E-state index contributed by atoms with van der Waals surface area (Å²) in [4.78, 5) is 14.6. The molecule has 0 spiro atoms. The molecule has 6 nitrogen and oxygen atoms in total. The Kier molecular flexibility index (Phi) is 6.47. The van der Waals surface area contributed by atoms with Gasteiger partial charge in [0.15, 0.2) is 0 Å². The molecule has 22 heavy (non-hydrogen) atoms. The van der Waals surface area contributed by atoms with Crippen LogP contribution >= 0.6 is 0 Å². The van der Waals surface area contributed by atoms with E-state index in [1.54, 1.807) is 7.11 Å². The SMILES string of the molecule is COC1CCOCC1NC(=O)NCC(C)(C)N1CCCCC1. The van der Waals surface area contributed by atoms with Crippen LogP contribution in [0.2, 0.25) is 0 Å². The van der Waals surface area contributed by atoms with Crippen molar-refractivity contribution in [2.75, 3.05) is 40.0 Å². The van der Waals surface area contributed by atoms with Gasteiger partial charge in [-0.15, -0.1) is 0 Å². The summed E-state index contributed by atoms with van der Waals surface area (Å²) >= 11 is 0. The largest absolute Gasteiger partial charge is 0.379 e. The predicted molar refractivity (Wildman–Crippen MR) is 86.1 cm³/mol. The van der Waals surface area contributed by atoms with E-state index in [0.29, 0.717) is 19.8 Å². The van der Waals surface area contributed by atoms with Crippen molar-refractivity contribution < 1.29 is 14.3 Å². The second-order valence-corrected chi connectivity index (χ2v) is 6.93. The number of amides is 2. The maximum absolute atomic E-state index is 12.2. The predicted octanol–water partition coefficient (Wildman–Crippen LogP) is 1.35. The van der Waals surface area contributed by atoms with Gasteiger partial charge in [0, 0.05) is 25.8 Å². The first-order chi connectivity index (χ1) is 10.5. The normalized spacial score (nSPS) is 27.4. The molecule has 2 fully saturated rings. The van der Waals surface area contributed by atoms with E-state index < -0.39 is 0 Å². The first-order valence-corrected chi connectivity index (χ1v) is 8.43. The fourth-order valence-corrected chi connectivity index (χ4v) is 3.26. The van der Waals surface area contributed by atoms with Crippen LogP contribution < -0.4 is 10.6 Å². The van der Waals surface area contributed by atoms with Gasteiger partial charge in [0.2, 0.25) is 0 Å². The molecule has 0 radical (unpaired) electrons. The zero-order chi connectivity index (χ0) is 16.0. The minimum absolute atomic E-state index is 0.0124. The molecule has 0 aromatic carbocycles. The van der Waals surface area contributed by atoms with E-state index >= 15 is 0 Å². The lowest BCUT2D eigenvalue weighted by Crippen LogP contribution is -2.57. The highest BCUT2D eigenvalue weighted by Gasteiger charge is 2.30. The first kappa shape index (κ1) is 17.5. The van der Waals surface area contributed by atoms with E-state index in [2.05, 4.69) is 29.4 Å². The Morgan fingerprint density at radius 3 is 2.73 bits per heavy atom. The summed E-state index contributed by atoms with van der Waals surface area (Å²) in [6.45, 7) is 8.49. The van der Waals surface area contributed by atoms with Crippen LogP contribution in [0, 0.1) is 0 Å². The molecule has 128 valence electrons. The summed E-state index contributed by atoms with van der Waals surface area (Å²) in [6.07, 6.45) is 4.69. The van der Waals surface area contributed by atoms with Crippen LogP contribution in [0.5, 0.6) is 0 Å². The van der Waals surface area contributed by atoms with Gasteiger partial charge in [0.05, 0.1) is 18.8 Å². The quantitative estimate of drug-likeness (QED) is 0.804. The van der Waals surface area contributed by atoms with Crippen LogP contribution in [0.1, 0.15) is 39.5 Å². The second-order valence-electron chi connectivity index (χ2n) is 6.93. The van der Waals surface area contributed by atoms with Crippen LogP contribution in [-0.4, -0.2) is 68.6 Å². The van der Waals surface area contributed by atoms with Gasteiger partial charge in [-0.2, -0.15) is 0 Å². The van der Waals surface area contributed by atoms with Gasteiger partial charge in [-0.3, -0.25) is 4.90 Å². The van der Waals surface area contributed by atoms with Crippen LogP contribution in [0.3, 0.4) is 0 Å². The molecule has 2 heterocycles. The molecule has 2 saturated heterocycles. The van der Waals surface area contributed by atoms with Crippen LogP contribution in [-0.2, 0) is 9.47 Å². The number of hydrogen-bond acceptors (Lipinski definition) is 4. The molecule has 0 saturated carbocycles. The topological polar surface area (TPSA) is 62.8 Å². The standard InChI is InChI=1S/C16H31N3O3/c1-16(2,19-8-5-4-6-9-19)12-17-15(20)18-13-11-22-10-7-14(13)21-3/h13-14H,4-12H2,1-3H3,(H2,17,18,20). The number of nitrogens with one attached hydrogen (secondary N) is 2. The van der Waals surface area contributed by atoms with Crippen molar-refractivity contribution >= 4 is 6.03 Å². The third-order valence-electron chi connectivity index (χ3n) is 4.81. The second kappa shape index (κ2) is 8.13. The van der Waals surface area contributed by atoms with Gasteiger partial charge in [0.25, 0.3) is 0 Å². The summed E-state index contributed by atoms with van der Waals surface area (Å²) < 4.78 is 10.8. The summed E-state index contributed by atoms with van der Waals surface area (Å²) in [5.74, 6) is 0. The molecule has 0 aromatic heterocycles. The van der Waals surface area contributed by atoms with Gasteiger partial charge in [-0.25, -0.2) is 4.79 Å². The third kappa shape index (κ3) is 4.83. The highest BCUT2D eigenvalue weighted by atomic mass is 16.5. The lowest BCUT2D eigenvalue weighted by Gasteiger charge is -2.41. The third-order valence-corrected chi connectivity index (χ3v) is 4.81. The average molecular weight is 313 g/mol. The minimum Gasteiger partial charge on any atom is -0.379 e. The number of carbonyl (C=O) groups excluding carboxylic acids is 1. The Morgan fingerprint density at radius 2 is 2.05 bits per heavy atom. The Labute approximate surface area is 133 Å². The van der Waals surface area contributed by atoms with Crippen molar-refractivity contribution in [3.05, 3.63) is 0 Å². The zero-order valence-electron chi connectivity index (χ0n) is 14.2. The number of ether oxygens (including phenoxy) is 2. The Morgan fingerprint density at radius 1 is 1.32 bits per heavy atom. The fraction of sp³-hybridized carbons (Fsp3) is 0.938. The summed E-state index contributed by atoms with van der Waals surface area (Å²) in [7, 11) is 1.68. The summed E-state index contributed by atoms with van der Waals surface area (Å²) in [6, 6.07) is -0.209. The molecule has 2 rings (SSSR count). The lowest BCUT2D eigenvalue weighted by molar-refractivity contribution is -0.0335. The molecular formula is C16H31N3O3. The van der Waals surface area contributed by atoms with E-state index in [1.807, 2.05) is 0 Å². The van der Waals surface area contributed by atoms with E-state index in [-0.39, 0.29) is 23.7 Å². The highest BCUT2D eigenvalue weighted by Crippen LogP contribution is 2.19. The molecule has 2 unspecified atom stereocenters. The van der Waals surface area contributed by atoms with Crippen molar-refractivity contribution in [1.82, 2.24) is 15.5 Å². The summed E-state index contributed by atoms with van der Waals surface area (Å²) in [5.41, 5.74) is -0.0124. The molecule has 2 aliphatic rings. The number of piperidine rings is 1. The van der Waals surface area contributed by atoms with E-state index in [9.17, 15) is 4.79 Å². The van der Waals surface area contributed by atoms with Crippen molar-refractivity contribution in [2.24, 2.45) is 0 Å². The molecule has 6 heteroatoms. The fourth-order valence-electron chi connectivity index (χ4n) is 3.26. The minimum atomic E-state index is -0.136.